The molecule has 0 saturated carbocycles. The molecule has 3 aliphatic rings. The van der Waals surface area contributed by atoms with E-state index in [4.69, 9.17) is 5.73 Å². The maximum absolute atomic E-state index is 14.8. The lowest BCUT2D eigenvalue weighted by Gasteiger charge is -2.35. The average molecular weight is 417 g/mol. The van der Waals surface area contributed by atoms with Gasteiger partial charge in [0.15, 0.2) is 0 Å². The van der Waals surface area contributed by atoms with Crippen LogP contribution in [0.15, 0.2) is 12.1 Å². The van der Waals surface area contributed by atoms with E-state index >= 15 is 0 Å². The quantitative estimate of drug-likeness (QED) is 0.590. The van der Waals surface area contributed by atoms with Crippen LogP contribution in [0, 0.1) is 5.82 Å². The van der Waals surface area contributed by atoms with Crippen LogP contribution < -0.4 is 16.0 Å². The van der Waals surface area contributed by atoms with Crippen molar-refractivity contribution in [1.82, 2.24) is 15.1 Å². The van der Waals surface area contributed by atoms with Gasteiger partial charge < -0.3 is 10.6 Å². The number of fused-ring (bicyclic) bond motifs is 1. The number of hydrogen-bond donors (Lipinski definition) is 2. The summed E-state index contributed by atoms with van der Waals surface area (Å²) in [6.07, 6.45) is 0.0479. The van der Waals surface area contributed by atoms with E-state index in [1.807, 2.05) is 4.90 Å². The van der Waals surface area contributed by atoms with Crippen molar-refractivity contribution in [2.24, 2.45) is 5.73 Å². The fraction of sp³-hybridized carbons (Fsp3) is 0.421. The molecule has 0 spiro atoms. The van der Waals surface area contributed by atoms with Gasteiger partial charge in [-0.1, -0.05) is 0 Å². The van der Waals surface area contributed by atoms with Gasteiger partial charge >= 0.3 is 0 Å². The van der Waals surface area contributed by atoms with E-state index in [-0.39, 0.29) is 36.2 Å². The van der Waals surface area contributed by atoms with Crippen molar-refractivity contribution in [3.05, 3.63) is 29.1 Å². The summed E-state index contributed by atoms with van der Waals surface area (Å²) in [4.78, 5) is 64.6. The SMILES string of the molecule is NC(=O)CN1CCN(c2cc3c(cc2F)C(=O)N(C2CCC(=O)NC2=O)C3=O)CC1. The highest BCUT2D eigenvalue weighted by atomic mass is 19.1. The number of imide groups is 2. The van der Waals surface area contributed by atoms with Gasteiger partial charge in [0.1, 0.15) is 11.9 Å². The van der Waals surface area contributed by atoms with Gasteiger partial charge in [0.2, 0.25) is 17.7 Å². The summed E-state index contributed by atoms with van der Waals surface area (Å²) in [6, 6.07) is 1.26. The van der Waals surface area contributed by atoms with Crippen molar-refractivity contribution in [2.75, 3.05) is 37.6 Å². The molecule has 2 fully saturated rings. The summed E-state index contributed by atoms with van der Waals surface area (Å²) in [6.45, 7) is 1.95. The number of primary amides is 1. The number of nitrogens with two attached hydrogens (primary N) is 1. The number of amides is 5. The Morgan fingerprint density at radius 3 is 2.30 bits per heavy atom. The fourth-order valence-electron chi connectivity index (χ4n) is 4.09. The van der Waals surface area contributed by atoms with Crippen molar-refractivity contribution >= 4 is 35.2 Å². The Balaban J connectivity index is 1.56. The Hall–Kier alpha value is -3.34. The van der Waals surface area contributed by atoms with Crippen LogP contribution >= 0.6 is 0 Å². The van der Waals surface area contributed by atoms with Gasteiger partial charge in [-0.25, -0.2) is 4.39 Å². The minimum absolute atomic E-state index is 0.0129. The van der Waals surface area contributed by atoms with Gasteiger partial charge in [-0.2, -0.15) is 0 Å². The lowest BCUT2D eigenvalue weighted by atomic mass is 10.0. The zero-order valence-electron chi connectivity index (χ0n) is 16.0. The Kier molecular flexibility index (Phi) is 4.98. The lowest BCUT2D eigenvalue weighted by molar-refractivity contribution is -0.136. The van der Waals surface area contributed by atoms with Crippen LogP contribution in [0.1, 0.15) is 33.6 Å². The molecular formula is C19H20FN5O5. The standard InChI is InChI=1S/C19H20FN5O5/c20-12-7-10-11(8-14(12)24-5-3-23(4-6-24)9-15(21)26)19(30)25(18(10)29)13-1-2-16(27)22-17(13)28/h7-8,13H,1-6,9H2,(H2,21,26)(H,22,27,28). The first kappa shape index (κ1) is 20.0. The highest BCUT2D eigenvalue weighted by Crippen LogP contribution is 2.33. The third-order valence-corrected chi connectivity index (χ3v) is 5.60. The van der Waals surface area contributed by atoms with Gasteiger partial charge in [0.05, 0.1) is 23.4 Å². The summed E-state index contributed by atoms with van der Waals surface area (Å²) in [7, 11) is 0. The molecule has 3 heterocycles. The number of carbonyl (C=O) groups is 5. The van der Waals surface area contributed by atoms with Gasteiger partial charge in [0, 0.05) is 32.6 Å². The van der Waals surface area contributed by atoms with Crippen LogP contribution in [0.5, 0.6) is 0 Å². The van der Waals surface area contributed by atoms with Gasteiger partial charge in [0.25, 0.3) is 11.8 Å². The van der Waals surface area contributed by atoms with E-state index < -0.39 is 41.4 Å². The van der Waals surface area contributed by atoms with Crippen LogP contribution in [0.3, 0.4) is 0 Å². The number of halogens is 1. The zero-order chi connectivity index (χ0) is 21.6. The predicted octanol–water partition coefficient (Wildman–Crippen LogP) is -1.17. The molecule has 1 aromatic rings. The number of carbonyl (C=O) groups excluding carboxylic acids is 5. The Labute approximate surface area is 170 Å². The van der Waals surface area contributed by atoms with E-state index in [0.717, 1.165) is 11.0 Å². The zero-order valence-corrected chi connectivity index (χ0v) is 16.0. The highest BCUT2D eigenvalue weighted by Gasteiger charge is 2.45. The number of piperazine rings is 1. The molecule has 30 heavy (non-hydrogen) atoms. The monoisotopic (exact) mass is 417 g/mol. The van der Waals surface area contributed by atoms with Crippen LogP contribution in [0.4, 0.5) is 10.1 Å². The summed E-state index contributed by atoms with van der Waals surface area (Å²) >= 11 is 0. The van der Waals surface area contributed by atoms with Crippen LogP contribution in [-0.2, 0) is 14.4 Å². The Morgan fingerprint density at radius 2 is 1.70 bits per heavy atom. The molecule has 3 N–H and O–H groups in total. The Bertz CT molecular complexity index is 972. The average Bonchev–Trinajstić information content (AvgIpc) is 2.92. The third-order valence-electron chi connectivity index (χ3n) is 5.60. The van der Waals surface area contributed by atoms with E-state index in [1.54, 1.807) is 4.90 Å². The van der Waals surface area contributed by atoms with E-state index in [9.17, 15) is 28.4 Å². The summed E-state index contributed by atoms with van der Waals surface area (Å²) in [5.74, 6) is -3.70. The second-order valence-corrected chi connectivity index (χ2v) is 7.53. The molecule has 3 aliphatic heterocycles. The second-order valence-electron chi connectivity index (χ2n) is 7.53. The van der Waals surface area contributed by atoms with Crippen molar-refractivity contribution in [1.29, 1.82) is 0 Å². The summed E-state index contributed by atoms with van der Waals surface area (Å²) in [5, 5.41) is 2.12. The summed E-state index contributed by atoms with van der Waals surface area (Å²) < 4.78 is 14.8. The van der Waals surface area contributed by atoms with E-state index in [0.29, 0.717) is 26.2 Å². The maximum Gasteiger partial charge on any atom is 0.262 e. The summed E-state index contributed by atoms with van der Waals surface area (Å²) in [5.41, 5.74) is 5.31. The van der Waals surface area contributed by atoms with Gasteiger partial charge in [-0.15, -0.1) is 0 Å². The smallest absolute Gasteiger partial charge is 0.262 e. The first-order valence-corrected chi connectivity index (χ1v) is 9.57. The van der Waals surface area contributed by atoms with E-state index in [2.05, 4.69) is 5.32 Å². The molecule has 0 aromatic heterocycles. The number of hydrogen-bond acceptors (Lipinski definition) is 7. The van der Waals surface area contributed by atoms with Crippen molar-refractivity contribution in [3.63, 3.8) is 0 Å². The predicted molar refractivity (Wildman–Crippen MR) is 101 cm³/mol. The van der Waals surface area contributed by atoms with Crippen molar-refractivity contribution in [3.8, 4) is 0 Å². The first-order chi connectivity index (χ1) is 14.3. The maximum atomic E-state index is 14.8. The molecule has 11 heteroatoms. The third kappa shape index (κ3) is 3.41. The molecule has 1 aromatic carbocycles. The van der Waals surface area contributed by atoms with E-state index in [1.165, 1.54) is 6.07 Å². The number of nitrogens with zero attached hydrogens (tertiary/aromatic N) is 3. The number of benzene rings is 1. The first-order valence-electron chi connectivity index (χ1n) is 9.57. The molecular weight excluding hydrogens is 397 g/mol. The molecule has 10 nitrogen and oxygen atoms in total. The highest BCUT2D eigenvalue weighted by molar-refractivity contribution is 6.23. The molecule has 0 aliphatic carbocycles. The molecule has 1 unspecified atom stereocenters. The lowest BCUT2D eigenvalue weighted by Crippen LogP contribution is -2.54. The molecule has 0 radical (unpaired) electrons. The molecule has 2 saturated heterocycles. The van der Waals surface area contributed by atoms with Crippen LogP contribution in [-0.4, -0.2) is 78.1 Å². The van der Waals surface area contributed by atoms with Crippen LogP contribution in [0.25, 0.3) is 0 Å². The van der Waals surface area contributed by atoms with Crippen molar-refractivity contribution in [2.45, 2.75) is 18.9 Å². The number of rotatable bonds is 4. The van der Waals surface area contributed by atoms with Crippen molar-refractivity contribution < 1.29 is 28.4 Å². The molecule has 158 valence electrons. The van der Waals surface area contributed by atoms with Gasteiger partial charge in [-0.3, -0.25) is 39.1 Å². The number of piperidine rings is 1. The van der Waals surface area contributed by atoms with Gasteiger partial charge in [-0.05, 0) is 18.6 Å². The fourth-order valence-corrected chi connectivity index (χ4v) is 4.09. The minimum atomic E-state index is -1.10. The normalized spacial score (nSPS) is 22.4. The molecule has 1 atom stereocenters. The van der Waals surface area contributed by atoms with Crippen LogP contribution in [0.2, 0.25) is 0 Å². The Morgan fingerprint density at radius 1 is 1.07 bits per heavy atom. The topological polar surface area (TPSA) is 133 Å². The minimum Gasteiger partial charge on any atom is -0.369 e. The molecule has 5 amide bonds. The largest absolute Gasteiger partial charge is 0.369 e. The molecule has 4 rings (SSSR count). The number of anilines is 1. The second kappa shape index (κ2) is 7.48. The molecule has 0 bridgehead atoms. The number of nitrogens with one attached hydrogen (secondary N) is 1.